The number of anilines is 1. The summed E-state index contributed by atoms with van der Waals surface area (Å²) in [5.74, 6) is -0.344. The first-order chi connectivity index (χ1) is 10.1. The molecule has 1 saturated heterocycles. The SMILES string of the molecule is Fc1c(Cl)ncc2c(N3CCCCC(F)C3)nc(Cl)nc12. The number of pyridine rings is 1. The molecule has 0 spiro atoms. The van der Waals surface area contributed by atoms with E-state index in [-0.39, 0.29) is 22.5 Å². The summed E-state index contributed by atoms with van der Waals surface area (Å²) in [7, 11) is 0. The fourth-order valence-electron chi connectivity index (χ4n) is 2.52. The van der Waals surface area contributed by atoms with Gasteiger partial charge in [0.25, 0.3) is 0 Å². The molecular formula is C13H12Cl2F2N4. The monoisotopic (exact) mass is 332 g/mol. The van der Waals surface area contributed by atoms with Crippen molar-refractivity contribution in [2.45, 2.75) is 25.4 Å². The molecular weight excluding hydrogens is 321 g/mol. The Morgan fingerprint density at radius 2 is 2.05 bits per heavy atom. The van der Waals surface area contributed by atoms with Gasteiger partial charge in [-0.3, -0.25) is 0 Å². The number of halogens is 4. The second-order valence-electron chi connectivity index (χ2n) is 4.98. The first-order valence-corrected chi connectivity index (χ1v) is 7.38. The highest BCUT2D eigenvalue weighted by Crippen LogP contribution is 2.30. The number of aromatic nitrogens is 3. The van der Waals surface area contributed by atoms with Gasteiger partial charge in [-0.25, -0.2) is 18.7 Å². The smallest absolute Gasteiger partial charge is 0.225 e. The van der Waals surface area contributed by atoms with Crippen LogP contribution in [0.3, 0.4) is 0 Å². The Bertz CT molecular complexity index is 683. The highest BCUT2D eigenvalue weighted by Gasteiger charge is 2.23. The zero-order valence-corrected chi connectivity index (χ0v) is 12.5. The van der Waals surface area contributed by atoms with E-state index in [0.29, 0.717) is 24.2 Å². The van der Waals surface area contributed by atoms with E-state index in [2.05, 4.69) is 15.0 Å². The molecule has 0 bridgehead atoms. The highest BCUT2D eigenvalue weighted by molar-refractivity contribution is 6.30. The van der Waals surface area contributed by atoms with Gasteiger partial charge in [0.1, 0.15) is 17.5 Å². The van der Waals surface area contributed by atoms with Gasteiger partial charge in [-0.05, 0) is 30.9 Å². The Kier molecular flexibility index (Phi) is 4.08. The van der Waals surface area contributed by atoms with E-state index >= 15 is 0 Å². The summed E-state index contributed by atoms with van der Waals surface area (Å²) in [6.07, 6.45) is 2.62. The fourth-order valence-corrected chi connectivity index (χ4v) is 2.82. The number of hydrogen-bond donors (Lipinski definition) is 0. The Morgan fingerprint density at radius 3 is 2.86 bits per heavy atom. The van der Waals surface area contributed by atoms with Gasteiger partial charge in [0.05, 0.1) is 11.9 Å². The second kappa shape index (κ2) is 5.85. The first kappa shape index (κ1) is 14.7. The lowest BCUT2D eigenvalue weighted by Crippen LogP contribution is -2.30. The molecule has 3 rings (SSSR count). The minimum absolute atomic E-state index is 0.00431. The maximum absolute atomic E-state index is 14.0. The van der Waals surface area contributed by atoms with Gasteiger partial charge in [-0.15, -0.1) is 0 Å². The molecule has 0 saturated carbocycles. The summed E-state index contributed by atoms with van der Waals surface area (Å²) in [6.45, 7) is 0.833. The van der Waals surface area contributed by atoms with E-state index in [1.54, 1.807) is 4.90 Å². The lowest BCUT2D eigenvalue weighted by molar-refractivity contribution is 0.323. The van der Waals surface area contributed by atoms with Crippen molar-refractivity contribution in [3.63, 3.8) is 0 Å². The average molecular weight is 333 g/mol. The number of hydrogen-bond acceptors (Lipinski definition) is 4. The number of rotatable bonds is 1. The molecule has 0 radical (unpaired) electrons. The molecule has 1 fully saturated rings. The van der Waals surface area contributed by atoms with Crippen LogP contribution in [0.5, 0.6) is 0 Å². The van der Waals surface area contributed by atoms with Gasteiger partial charge >= 0.3 is 0 Å². The number of fused-ring (bicyclic) bond motifs is 1. The van der Waals surface area contributed by atoms with Gasteiger partial charge in [-0.1, -0.05) is 11.6 Å². The van der Waals surface area contributed by atoms with E-state index in [4.69, 9.17) is 23.2 Å². The zero-order valence-electron chi connectivity index (χ0n) is 11.0. The van der Waals surface area contributed by atoms with Crippen LogP contribution >= 0.6 is 23.2 Å². The quantitative estimate of drug-likeness (QED) is 0.588. The maximum Gasteiger partial charge on any atom is 0.225 e. The van der Waals surface area contributed by atoms with E-state index in [0.717, 1.165) is 12.8 Å². The molecule has 3 heterocycles. The van der Waals surface area contributed by atoms with E-state index in [1.165, 1.54) is 6.20 Å². The largest absolute Gasteiger partial charge is 0.353 e. The molecule has 4 nitrogen and oxygen atoms in total. The van der Waals surface area contributed by atoms with Crippen molar-refractivity contribution in [2.75, 3.05) is 18.0 Å². The summed E-state index contributed by atoms with van der Waals surface area (Å²) in [5, 5.41) is 0.0103. The standard InChI is InChI=1S/C13H12Cl2F2N4/c14-11-9(17)10-8(5-18-11)12(20-13(15)19-10)21-4-2-1-3-7(16)6-21/h5,7H,1-4,6H2. The van der Waals surface area contributed by atoms with Crippen molar-refractivity contribution >= 4 is 39.9 Å². The molecule has 0 aliphatic carbocycles. The molecule has 1 aliphatic rings. The van der Waals surface area contributed by atoms with Crippen LogP contribution in [0.25, 0.3) is 10.9 Å². The van der Waals surface area contributed by atoms with E-state index < -0.39 is 12.0 Å². The van der Waals surface area contributed by atoms with E-state index in [1.807, 2.05) is 0 Å². The summed E-state index contributed by atoms with van der Waals surface area (Å²) in [4.78, 5) is 13.6. The second-order valence-corrected chi connectivity index (χ2v) is 5.68. The molecule has 0 N–H and O–H groups in total. The molecule has 112 valence electrons. The predicted octanol–water partition coefficient (Wildman–Crippen LogP) is 3.80. The van der Waals surface area contributed by atoms with Gasteiger partial charge in [0, 0.05) is 12.7 Å². The molecule has 8 heteroatoms. The molecule has 2 aromatic rings. The predicted molar refractivity (Wildman–Crippen MR) is 78.3 cm³/mol. The third-order valence-electron chi connectivity index (χ3n) is 3.51. The Morgan fingerprint density at radius 1 is 1.24 bits per heavy atom. The normalized spacial score (nSPS) is 19.8. The van der Waals surface area contributed by atoms with Crippen LogP contribution in [0.1, 0.15) is 19.3 Å². The third kappa shape index (κ3) is 2.87. The zero-order chi connectivity index (χ0) is 15.0. The van der Waals surface area contributed by atoms with Crippen LogP contribution in [0.15, 0.2) is 6.20 Å². The van der Waals surface area contributed by atoms with Crippen molar-refractivity contribution in [1.82, 2.24) is 15.0 Å². The summed E-state index contributed by atoms with van der Waals surface area (Å²) in [5.41, 5.74) is 0.00431. The maximum atomic E-state index is 14.0. The Hall–Kier alpha value is -1.27. The van der Waals surface area contributed by atoms with Gasteiger partial charge in [0.2, 0.25) is 5.28 Å². The number of alkyl halides is 1. The van der Waals surface area contributed by atoms with Crippen molar-refractivity contribution < 1.29 is 8.78 Å². The van der Waals surface area contributed by atoms with Crippen LogP contribution in [-0.2, 0) is 0 Å². The van der Waals surface area contributed by atoms with Crippen LogP contribution < -0.4 is 4.90 Å². The van der Waals surface area contributed by atoms with Gasteiger partial charge in [-0.2, -0.15) is 4.98 Å². The van der Waals surface area contributed by atoms with Crippen molar-refractivity contribution in [2.24, 2.45) is 0 Å². The molecule has 0 aromatic carbocycles. The van der Waals surface area contributed by atoms with E-state index in [9.17, 15) is 8.78 Å². The van der Waals surface area contributed by atoms with Crippen LogP contribution in [0.4, 0.5) is 14.6 Å². The van der Waals surface area contributed by atoms with Gasteiger partial charge in [0.15, 0.2) is 11.0 Å². The molecule has 0 amide bonds. The van der Waals surface area contributed by atoms with Crippen LogP contribution in [0, 0.1) is 5.82 Å². The summed E-state index contributed by atoms with van der Waals surface area (Å²) in [6, 6.07) is 0. The van der Waals surface area contributed by atoms with Crippen LogP contribution in [-0.4, -0.2) is 34.2 Å². The Balaban J connectivity index is 2.15. The Labute approximate surface area is 130 Å². The molecule has 1 aliphatic heterocycles. The van der Waals surface area contributed by atoms with Crippen molar-refractivity contribution in [3.05, 3.63) is 22.5 Å². The minimum atomic E-state index is -0.943. The topological polar surface area (TPSA) is 41.9 Å². The summed E-state index contributed by atoms with van der Waals surface area (Å²) >= 11 is 11.5. The van der Waals surface area contributed by atoms with Crippen LogP contribution in [0.2, 0.25) is 10.4 Å². The summed E-state index contributed by atoms with van der Waals surface area (Å²) < 4.78 is 27.8. The number of nitrogens with zero attached hydrogens (tertiary/aromatic N) is 4. The van der Waals surface area contributed by atoms with Crippen molar-refractivity contribution in [3.8, 4) is 0 Å². The lowest BCUT2D eigenvalue weighted by atomic mass is 10.2. The molecule has 2 aromatic heterocycles. The third-order valence-corrected chi connectivity index (χ3v) is 3.94. The highest BCUT2D eigenvalue weighted by atomic mass is 35.5. The molecule has 1 unspecified atom stereocenters. The average Bonchev–Trinajstić information content (AvgIpc) is 2.67. The van der Waals surface area contributed by atoms with Gasteiger partial charge < -0.3 is 4.90 Å². The fraction of sp³-hybridized carbons (Fsp3) is 0.462. The lowest BCUT2D eigenvalue weighted by Gasteiger charge is -2.23. The molecule has 1 atom stereocenters. The molecule has 21 heavy (non-hydrogen) atoms. The van der Waals surface area contributed by atoms with Crippen molar-refractivity contribution in [1.29, 1.82) is 0 Å². The first-order valence-electron chi connectivity index (χ1n) is 6.62. The minimum Gasteiger partial charge on any atom is -0.353 e.